The van der Waals surface area contributed by atoms with E-state index in [1.165, 1.54) is 31.4 Å². The SMILES string of the molecule is CCN(CC(=O)NCc1ccc(F)cc1)C(=O)[C@@H]1CCCN1C(=O)C12CC3CC(CC(C3)C1)C2. The lowest BCUT2D eigenvalue weighted by atomic mass is 9.49. The quantitative estimate of drug-likeness (QED) is 0.665. The summed E-state index contributed by atoms with van der Waals surface area (Å²) < 4.78 is 13.1. The molecule has 5 fully saturated rings. The summed E-state index contributed by atoms with van der Waals surface area (Å²) in [6.45, 7) is 3.17. The predicted molar refractivity (Wildman–Crippen MR) is 126 cm³/mol. The van der Waals surface area contributed by atoms with Gasteiger partial charge in [-0.05, 0) is 93.7 Å². The molecule has 1 atom stereocenters. The third-order valence-electron chi connectivity index (χ3n) is 8.72. The summed E-state index contributed by atoms with van der Waals surface area (Å²) in [6.07, 6.45) is 8.35. The zero-order valence-corrected chi connectivity index (χ0v) is 20.1. The number of amides is 3. The lowest BCUT2D eigenvalue weighted by Crippen LogP contribution is -2.58. The molecule has 6 rings (SSSR count). The molecule has 34 heavy (non-hydrogen) atoms. The Morgan fingerprint density at radius 3 is 2.26 bits per heavy atom. The van der Waals surface area contributed by atoms with E-state index >= 15 is 0 Å². The van der Waals surface area contributed by atoms with E-state index in [2.05, 4.69) is 5.32 Å². The fourth-order valence-corrected chi connectivity index (χ4v) is 7.53. The van der Waals surface area contributed by atoms with E-state index < -0.39 is 6.04 Å². The van der Waals surface area contributed by atoms with Gasteiger partial charge in [-0.15, -0.1) is 0 Å². The number of carbonyl (C=O) groups excluding carboxylic acids is 3. The number of carbonyl (C=O) groups is 3. The van der Waals surface area contributed by atoms with Crippen molar-refractivity contribution < 1.29 is 18.8 Å². The Hall–Kier alpha value is -2.44. The minimum atomic E-state index is -0.453. The summed E-state index contributed by atoms with van der Waals surface area (Å²) in [5.41, 5.74) is 0.550. The van der Waals surface area contributed by atoms with Crippen LogP contribution in [0.3, 0.4) is 0 Å². The van der Waals surface area contributed by atoms with E-state index in [9.17, 15) is 18.8 Å². The molecular weight excluding hydrogens is 433 g/mol. The Morgan fingerprint density at radius 2 is 1.68 bits per heavy atom. The molecule has 7 heteroatoms. The summed E-state index contributed by atoms with van der Waals surface area (Å²) >= 11 is 0. The molecule has 6 nitrogen and oxygen atoms in total. The van der Waals surface area contributed by atoms with Crippen LogP contribution in [0.5, 0.6) is 0 Å². The van der Waals surface area contributed by atoms with Crippen molar-refractivity contribution in [1.82, 2.24) is 15.1 Å². The molecule has 1 aliphatic heterocycles. The largest absolute Gasteiger partial charge is 0.350 e. The Labute approximate surface area is 201 Å². The van der Waals surface area contributed by atoms with Gasteiger partial charge < -0.3 is 15.1 Å². The third kappa shape index (κ3) is 4.46. The van der Waals surface area contributed by atoms with Crippen LogP contribution >= 0.6 is 0 Å². The maximum Gasteiger partial charge on any atom is 0.245 e. The smallest absolute Gasteiger partial charge is 0.245 e. The number of benzene rings is 1. The highest BCUT2D eigenvalue weighted by Gasteiger charge is 2.57. The third-order valence-corrected chi connectivity index (χ3v) is 8.72. The summed E-state index contributed by atoms with van der Waals surface area (Å²) in [5.74, 6) is 1.57. The van der Waals surface area contributed by atoms with Gasteiger partial charge in [-0.1, -0.05) is 12.1 Å². The molecule has 0 spiro atoms. The highest BCUT2D eigenvalue weighted by Crippen LogP contribution is 2.60. The van der Waals surface area contributed by atoms with E-state index in [1.807, 2.05) is 11.8 Å². The molecule has 4 saturated carbocycles. The van der Waals surface area contributed by atoms with E-state index in [0.29, 0.717) is 37.3 Å². The normalized spacial score (nSPS) is 31.5. The van der Waals surface area contributed by atoms with Crippen molar-refractivity contribution >= 4 is 17.7 Å². The van der Waals surface area contributed by atoms with Gasteiger partial charge in [-0.2, -0.15) is 0 Å². The minimum absolute atomic E-state index is 0.0353. The molecule has 184 valence electrons. The van der Waals surface area contributed by atoms with Crippen LogP contribution in [-0.4, -0.2) is 53.2 Å². The Morgan fingerprint density at radius 1 is 1.06 bits per heavy atom. The molecule has 1 aromatic rings. The Bertz CT molecular complexity index is 912. The van der Waals surface area contributed by atoms with Crippen molar-refractivity contribution in [2.24, 2.45) is 23.2 Å². The second kappa shape index (κ2) is 9.31. The fraction of sp³-hybridized carbons (Fsp3) is 0.667. The molecule has 4 bridgehead atoms. The summed E-state index contributed by atoms with van der Waals surface area (Å²) in [4.78, 5) is 43.3. The van der Waals surface area contributed by atoms with Crippen LogP contribution in [0, 0.1) is 29.0 Å². The molecule has 1 aromatic carbocycles. The van der Waals surface area contributed by atoms with E-state index in [0.717, 1.165) is 31.2 Å². The predicted octanol–water partition coefficient (Wildman–Crippen LogP) is 3.50. The lowest BCUT2D eigenvalue weighted by molar-refractivity contribution is -0.162. The molecule has 4 aliphatic carbocycles. The van der Waals surface area contributed by atoms with Gasteiger partial charge in [-0.25, -0.2) is 4.39 Å². The molecule has 1 heterocycles. The molecule has 1 N–H and O–H groups in total. The number of hydrogen-bond acceptors (Lipinski definition) is 3. The number of hydrogen-bond donors (Lipinski definition) is 1. The van der Waals surface area contributed by atoms with Crippen LogP contribution < -0.4 is 5.32 Å². The van der Waals surface area contributed by atoms with Crippen molar-refractivity contribution in [2.75, 3.05) is 19.6 Å². The van der Waals surface area contributed by atoms with Crippen molar-refractivity contribution in [3.05, 3.63) is 35.6 Å². The average Bonchev–Trinajstić information content (AvgIpc) is 3.30. The number of nitrogens with one attached hydrogen (secondary N) is 1. The highest BCUT2D eigenvalue weighted by molar-refractivity contribution is 5.92. The summed E-state index contributed by atoms with van der Waals surface area (Å²) in [7, 11) is 0. The van der Waals surface area contributed by atoms with Crippen molar-refractivity contribution in [2.45, 2.75) is 70.9 Å². The van der Waals surface area contributed by atoms with Gasteiger partial charge in [0.05, 0.1) is 12.0 Å². The van der Waals surface area contributed by atoms with Gasteiger partial charge in [-0.3, -0.25) is 14.4 Å². The van der Waals surface area contributed by atoms with Crippen LogP contribution in [0.4, 0.5) is 4.39 Å². The van der Waals surface area contributed by atoms with Crippen molar-refractivity contribution in [3.8, 4) is 0 Å². The van der Waals surface area contributed by atoms with Gasteiger partial charge in [0.15, 0.2) is 0 Å². The summed E-state index contributed by atoms with van der Waals surface area (Å²) in [5, 5.41) is 2.82. The van der Waals surface area contributed by atoms with Gasteiger partial charge in [0, 0.05) is 19.6 Å². The summed E-state index contributed by atoms with van der Waals surface area (Å²) in [6, 6.07) is 5.53. The van der Waals surface area contributed by atoms with Crippen LogP contribution in [-0.2, 0) is 20.9 Å². The monoisotopic (exact) mass is 469 g/mol. The number of halogens is 1. The topological polar surface area (TPSA) is 69.7 Å². The maximum atomic E-state index is 13.9. The second-order valence-electron chi connectivity index (χ2n) is 11.1. The first kappa shape index (κ1) is 23.3. The Kier molecular flexibility index (Phi) is 6.38. The van der Waals surface area contributed by atoms with Gasteiger partial charge in [0.1, 0.15) is 11.9 Å². The van der Waals surface area contributed by atoms with E-state index in [4.69, 9.17) is 0 Å². The van der Waals surface area contributed by atoms with Gasteiger partial charge >= 0.3 is 0 Å². The molecule has 1 saturated heterocycles. The van der Waals surface area contributed by atoms with Crippen LogP contribution in [0.15, 0.2) is 24.3 Å². The second-order valence-corrected chi connectivity index (χ2v) is 11.1. The molecule has 0 radical (unpaired) electrons. The van der Waals surface area contributed by atoms with Gasteiger partial charge in [0.25, 0.3) is 0 Å². The zero-order chi connectivity index (χ0) is 23.9. The first-order chi connectivity index (χ1) is 16.4. The molecule has 0 aromatic heterocycles. The average molecular weight is 470 g/mol. The number of rotatable bonds is 7. The maximum absolute atomic E-state index is 13.9. The Balaban J connectivity index is 1.21. The molecule has 3 amide bonds. The first-order valence-corrected chi connectivity index (χ1v) is 13.0. The van der Waals surface area contributed by atoms with Crippen molar-refractivity contribution in [1.29, 1.82) is 0 Å². The lowest BCUT2D eigenvalue weighted by Gasteiger charge is -2.56. The van der Waals surface area contributed by atoms with Crippen molar-refractivity contribution in [3.63, 3.8) is 0 Å². The van der Waals surface area contributed by atoms with Crippen LogP contribution in [0.2, 0.25) is 0 Å². The van der Waals surface area contributed by atoms with Crippen LogP contribution in [0.25, 0.3) is 0 Å². The highest BCUT2D eigenvalue weighted by atomic mass is 19.1. The molecule has 5 aliphatic rings. The number of likely N-dealkylation sites (tertiary alicyclic amines) is 1. The number of likely N-dealkylation sites (N-methyl/N-ethyl adjacent to an activating group) is 1. The number of nitrogens with zero attached hydrogens (tertiary/aromatic N) is 2. The fourth-order valence-electron chi connectivity index (χ4n) is 7.53. The standard InChI is InChI=1S/C27H36FN3O3/c1-2-30(17-24(32)29-16-18-5-7-22(28)8-6-18)25(33)23-4-3-9-31(23)26(34)27-13-19-10-20(14-27)12-21(11-19)15-27/h5-8,19-21,23H,2-4,9-17H2,1H3,(H,29,32)/t19?,20?,21?,23-,27?/m0/s1. The first-order valence-electron chi connectivity index (χ1n) is 13.0. The minimum Gasteiger partial charge on any atom is -0.350 e. The van der Waals surface area contributed by atoms with Gasteiger partial charge in [0.2, 0.25) is 17.7 Å². The van der Waals surface area contributed by atoms with E-state index in [1.54, 1.807) is 17.0 Å². The van der Waals surface area contributed by atoms with E-state index in [-0.39, 0.29) is 42.0 Å². The zero-order valence-electron chi connectivity index (χ0n) is 20.1. The molecular formula is C27H36FN3O3. The molecule has 0 unspecified atom stereocenters. The van der Waals surface area contributed by atoms with Crippen LogP contribution in [0.1, 0.15) is 63.9 Å².